The number of ether oxygens (including phenoxy) is 3. The van der Waals surface area contributed by atoms with Crippen LogP contribution in [0, 0.1) is 0 Å². The van der Waals surface area contributed by atoms with Crippen LogP contribution in [0.25, 0.3) is 0 Å². The number of hydrogen-bond acceptors (Lipinski definition) is 6. The standard InChI is InChI=1S/C51H97NO7/c1-6-8-10-12-14-16-18-20-22-24-26-27-29-31-33-35-37-39-41-49(53)58-46-47(45-57-44-43-48(51(55)56)52(3,4)5)59-50(54)42-40-38-36-34-32-30-28-25-23-21-19-17-15-13-11-9-7-2/h26-27,47-48H,6-25,28-46H2,1-5H3/p+1/b27-26+. The summed E-state index contributed by atoms with van der Waals surface area (Å²) in [4.78, 5) is 37.1. The fourth-order valence-corrected chi connectivity index (χ4v) is 7.74. The number of carbonyl (C=O) groups excluding carboxylic acids is 2. The van der Waals surface area contributed by atoms with Crippen LogP contribution in [-0.2, 0) is 28.6 Å². The Hall–Kier alpha value is -1.93. The average molecular weight is 837 g/mol. The molecule has 0 aromatic heterocycles. The van der Waals surface area contributed by atoms with Crippen molar-refractivity contribution >= 4 is 17.9 Å². The van der Waals surface area contributed by atoms with Crippen molar-refractivity contribution in [3.63, 3.8) is 0 Å². The van der Waals surface area contributed by atoms with E-state index in [1.54, 1.807) is 0 Å². The van der Waals surface area contributed by atoms with Crippen LogP contribution >= 0.6 is 0 Å². The van der Waals surface area contributed by atoms with Gasteiger partial charge in [0.2, 0.25) is 0 Å². The second kappa shape index (κ2) is 42.7. The summed E-state index contributed by atoms with van der Waals surface area (Å²) in [5.74, 6) is -1.46. The summed E-state index contributed by atoms with van der Waals surface area (Å²) >= 11 is 0. The summed E-state index contributed by atoms with van der Waals surface area (Å²) in [7, 11) is 5.54. The van der Waals surface area contributed by atoms with Crippen molar-refractivity contribution in [2.24, 2.45) is 0 Å². The zero-order chi connectivity index (χ0) is 43.5. The molecule has 8 heteroatoms. The zero-order valence-corrected chi connectivity index (χ0v) is 39.7. The van der Waals surface area contributed by atoms with E-state index >= 15 is 0 Å². The van der Waals surface area contributed by atoms with Crippen LogP contribution in [0.3, 0.4) is 0 Å². The number of allylic oxidation sites excluding steroid dienone is 2. The van der Waals surface area contributed by atoms with Gasteiger partial charge in [-0.1, -0.05) is 199 Å². The Labute approximate surface area is 365 Å². The molecule has 0 aliphatic heterocycles. The maximum Gasteiger partial charge on any atom is 0.362 e. The zero-order valence-electron chi connectivity index (χ0n) is 39.7. The minimum absolute atomic E-state index is 0.0489. The van der Waals surface area contributed by atoms with E-state index in [4.69, 9.17) is 14.2 Å². The molecule has 0 aromatic rings. The molecule has 0 fully saturated rings. The monoisotopic (exact) mass is 837 g/mol. The number of unbranched alkanes of at least 4 members (excludes halogenated alkanes) is 30. The molecule has 0 saturated heterocycles. The number of nitrogens with zero attached hydrogens (tertiary/aromatic N) is 1. The number of carboxylic acids is 1. The van der Waals surface area contributed by atoms with Gasteiger partial charge in [0.05, 0.1) is 34.4 Å². The van der Waals surface area contributed by atoms with Crippen molar-refractivity contribution in [1.82, 2.24) is 0 Å². The SMILES string of the molecule is CCCCCCCCCCC/C=C/CCCCCCCC(=O)OCC(COCCC(C(=O)O)[N+](C)(C)C)OC(=O)CCCCCCCCCCCCCCCCCCC. The largest absolute Gasteiger partial charge is 0.477 e. The quantitative estimate of drug-likeness (QED) is 0.0282. The number of carboxylic acid groups (broad SMARTS) is 1. The predicted molar refractivity (Wildman–Crippen MR) is 248 cm³/mol. The molecule has 2 atom stereocenters. The van der Waals surface area contributed by atoms with Gasteiger partial charge in [-0.25, -0.2) is 4.79 Å². The van der Waals surface area contributed by atoms with Gasteiger partial charge >= 0.3 is 17.9 Å². The Bertz CT molecular complexity index is 978. The Kier molecular flexibility index (Phi) is 41.3. The molecular formula is C51H98NO7+. The lowest BCUT2D eigenvalue weighted by Gasteiger charge is -2.31. The molecule has 348 valence electrons. The lowest BCUT2D eigenvalue weighted by Crippen LogP contribution is -2.50. The molecule has 0 aromatic carbocycles. The molecule has 1 N–H and O–H groups in total. The normalized spacial score (nSPS) is 12.9. The van der Waals surface area contributed by atoms with E-state index in [2.05, 4.69) is 26.0 Å². The molecule has 59 heavy (non-hydrogen) atoms. The third kappa shape index (κ3) is 41.2. The summed E-state index contributed by atoms with van der Waals surface area (Å²) in [5, 5.41) is 9.64. The van der Waals surface area contributed by atoms with Gasteiger partial charge in [-0.2, -0.15) is 0 Å². The summed E-state index contributed by atoms with van der Waals surface area (Å²) in [5.41, 5.74) is 0. The fourth-order valence-electron chi connectivity index (χ4n) is 7.74. The summed E-state index contributed by atoms with van der Waals surface area (Å²) in [6, 6.07) is -0.612. The number of likely N-dealkylation sites (N-methyl/N-ethyl adjacent to an activating group) is 1. The molecule has 0 spiro atoms. The topological polar surface area (TPSA) is 99.1 Å². The smallest absolute Gasteiger partial charge is 0.362 e. The number of esters is 2. The minimum atomic E-state index is -0.872. The van der Waals surface area contributed by atoms with Crippen LogP contribution in [0.15, 0.2) is 12.2 Å². The first kappa shape index (κ1) is 57.1. The molecule has 0 aliphatic carbocycles. The number of hydrogen-bond donors (Lipinski definition) is 1. The molecule has 0 heterocycles. The molecule has 0 saturated carbocycles. The summed E-state index contributed by atoms with van der Waals surface area (Å²) in [6.07, 6.45) is 46.8. The lowest BCUT2D eigenvalue weighted by molar-refractivity contribution is -0.887. The number of carbonyl (C=O) groups is 3. The maximum atomic E-state index is 12.8. The number of quaternary nitrogens is 1. The predicted octanol–water partition coefficient (Wildman–Crippen LogP) is 14.3. The van der Waals surface area contributed by atoms with Crippen molar-refractivity contribution in [3.8, 4) is 0 Å². The van der Waals surface area contributed by atoms with Gasteiger partial charge in [-0.15, -0.1) is 0 Å². The van der Waals surface area contributed by atoms with Gasteiger partial charge < -0.3 is 23.8 Å². The Morgan fingerprint density at radius 1 is 0.492 bits per heavy atom. The van der Waals surface area contributed by atoms with Gasteiger partial charge in [-0.05, 0) is 38.5 Å². The third-order valence-electron chi connectivity index (χ3n) is 11.7. The molecule has 0 rings (SSSR count). The number of rotatable bonds is 46. The highest BCUT2D eigenvalue weighted by molar-refractivity contribution is 5.72. The van der Waals surface area contributed by atoms with E-state index in [9.17, 15) is 19.5 Å². The van der Waals surface area contributed by atoms with Crippen molar-refractivity contribution in [3.05, 3.63) is 12.2 Å². The van der Waals surface area contributed by atoms with Gasteiger partial charge in [0.25, 0.3) is 0 Å². The highest BCUT2D eigenvalue weighted by Gasteiger charge is 2.31. The minimum Gasteiger partial charge on any atom is -0.477 e. The first-order valence-corrected chi connectivity index (χ1v) is 25.2. The Morgan fingerprint density at radius 2 is 0.847 bits per heavy atom. The van der Waals surface area contributed by atoms with Crippen LogP contribution in [-0.4, -0.2) is 80.6 Å². The van der Waals surface area contributed by atoms with Crippen LogP contribution < -0.4 is 0 Å². The average Bonchev–Trinajstić information content (AvgIpc) is 3.19. The van der Waals surface area contributed by atoms with Gasteiger partial charge in [0, 0.05) is 19.3 Å². The summed E-state index contributed by atoms with van der Waals surface area (Å²) < 4.78 is 17.4. The molecule has 0 amide bonds. The molecular weight excluding hydrogens is 739 g/mol. The second-order valence-electron chi connectivity index (χ2n) is 18.4. The first-order chi connectivity index (χ1) is 28.6. The van der Waals surface area contributed by atoms with Crippen LogP contribution in [0.1, 0.15) is 245 Å². The highest BCUT2D eigenvalue weighted by atomic mass is 16.6. The Balaban J connectivity index is 4.24. The van der Waals surface area contributed by atoms with Crippen molar-refractivity contribution in [2.75, 3.05) is 41.0 Å². The van der Waals surface area contributed by atoms with E-state index in [0.29, 0.717) is 19.3 Å². The van der Waals surface area contributed by atoms with E-state index in [1.807, 2.05) is 21.1 Å². The van der Waals surface area contributed by atoms with Gasteiger partial charge in [0.15, 0.2) is 12.1 Å². The molecule has 0 radical (unpaired) electrons. The summed E-state index contributed by atoms with van der Waals surface area (Å²) in [6.45, 7) is 4.77. The van der Waals surface area contributed by atoms with Crippen molar-refractivity contribution in [1.29, 1.82) is 0 Å². The number of aliphatic carboxylic acids is 1. The van der Waals surface area contributed by atoms with Crippen LogP contribution in [0.4, 0.5) is 0 Å². The van der Waals surface area contributed by atoms with Crippen molar-refractivity contribution in [2.45, 2.75) is 257 Å². The van der Waals surface area contributed by atoms with E-state index in [0.717, 1.165) is 44.9 Å². The third-order valence-corrected chi connectivity index (χ3v) is 11.7. The van der Waals surface area contributed by atoms with Crippen molar-refractivity contribution < 1.29 is 38.2 Å². The molecule has 0 aliphatic rings. The van der Waals surface area contributed by atoms with Gasteiger partial charge in [0.1, 0.15) is 6.61 Å². The second-order valence-corrected chi connectivity index (χ2v) is 18.4. The van der Waals surface area contributed by atoms with E-state index < -0.39 is 18.1 Å². The van der Waals surface area contributed by atoms with E-state index in [1.165, 1.54) is 167 Å². The van der Waals surface area contributed by atoms with Crippen LogP contribution in [0.2, 0.25) is 0 Å². The molecule has 2 unspecified atom stereocenters. The maximum absolute atomic E-state index is 12.8. The van der Waals surface area contributed by atoms with Crippen LogP contribution in [0.5, 0.6) is 0 Å². The Morgan fingerprint density at radius 3 is 1.22 bits per heavy atom. The highest BCUT2D eigenvalue weighted by Crippen LogP contribution is 2.16. The van der Waals surface area contributed by atoms with Gasteiger partial charge in [-0.3, -0.25) is 9.59 Å². The fraction of sp³-hybridized carbons (Fsp3) is 0.902. The first-order valence-electron chi connectivity index (χ1n) is 25.2. The lowest BCUT2D eigenvalue weighted by atomic mass is 10.0. The molecule has 8 nitrogen and oxygen atoms in total. The van der Waals surface area contributed by atoms with E-state index in [-0.39, 0.29) is 36.2 Å². The molecule has 0 bridgehead atoms.